The summed E-state index contributed by atoms with van der Waals surface area (Å²) in [5, 5.41) is 13.8. The summed E-state index contributed by atoms with van der Waals surface area (Å²) in [5.41, 5.74) is 0.634. The van der Waals surface area contributed by atoms with Crippen LogP contribution in [0, 0.1) is 10.1 Å². The van der Waals surface area contributed by atoms with E-state index in [9.17, 15) is 14.9 Å². The van der Waals surface area contributed by atoms with E-state index in [0.29, 0.717) is 11.3 Å². The van der Waals surface area contributed by atoms with Gasteiger partial charge in [-0.05, 0) is 50.1 Å². The van der Waals surface area contributed by atoms with Crippen molar-refractivity contribution in [3.8, 4) is 16.9 Å². The average Bonchev–Trinajstić information content (AvgIpc) is 2.53. The highest BCUT2D eigenvalue weighted by Crippen LogP contribution is 2.31. The Balaban J connectivity index is 2.30. The zero-order valence-corrected chi connectivity index (χ0v) is 14.5. The van der Waals surface area contributed by atoms with Crippen molar-refractivity contribution in [3.05, 3.63) is 52.6 Å². The normalized spacial score (nSPS) is 10.9. The predicted molar refractivity (Wildman–Crippen MR) is 94.9 cm³/mol. The van der Waals surface area contributed by atoms with E-state index >= 15 is 0 Å². The summed E-state index contributed by atoms with van der Waals surface area (Å²) >= 11 is 0. The van der Waals surface area contributed by atoms with Gasteiger partial charge in [-0.1, -0.05) is 18.2 Å². The first-order valence-corrected chi connectivity index (χ1v) is 7.62. The second kappa shape index (κ2) is 7.21. The fraction of sp³-hybridized carbons (Fsp3) is 0.278. The Bertz CT molecular complexity index is 779. The molecule has 2 aromatic carbocycles. The van der Waals surface area contributed by atoms with Gasteiger partial charge in [-0.2, -0.15) is 0 Å². The van der Waals surface area contributed by atoms with Crippen molar-refractivity contribution in [3.63, 3.8) is 0 Å². The third kappa shape index (κ3) is 4.94. The van der Waals surface area contributed by atoms with Crippen LogP contribution in [0.25, 0.3) is 11.1 Å². The van der Waals surface area contributed by atoms with Crippen molar-refractivity contribution in [1.82, 2.24) is 0 Å². The van der Waals surface area contributed by atoms with Gasteiger partial charge in [-0.25, -0.2) is 4.79 Å². The Morgan fingerprint density at radius 2 is 1.68 bits per heavy atom. The maximum absolute atomic E-state index is 11.9. The quantitative estimate of drug-likeness (QED) is 0.645. The molecule has 1 amide bonds. The summed E-state index contributed by atoms with van der Waals surface area (Å²) in [7, 11) is 1.57. The molecule has 0 unspecified atom stereocenters. The molecular formula is C18H20N2O5. The molecule has 0 aromatic heterocycles. The van der Waals surface area contributed by atoms with Crippen molar-refractivity contribution >= 4 is 17.5 Å². The Morgan fingerprint density at radius 1 is 1.08 bits per heavy atom. The number of anilines is 1. The van der Waals surface area contributed by atoms with E-state index in [-0.39, 0.29) is 11.4 Å². The van der Waals surface area contributed by atoms with Crippen LogP contribution in [0.5, 0.6) is 5.75 Å². The Labute approximate surface area is 145 Å². The molecule has 0 aliphatic carbocycles. The van der Waals surface area contributed by atoms with Crippen LogP contribution < -0.4 is 10.1 Å². The Morgan fingerprint density at radius 3 is 2.20 bits per heavy atom. The van der Waals surface area contributed by atoms with Gasteiger partial charge < -0.3 is 9.47 Å². The molecule has 0 fully saturated rings. The number of carbonyl (C=O) groups excluding carboxylic acids is 1. The number of methoxy groups -OCH3 is 1. The highest BCUT2D eigenvalue weighted by Gasteiger charge is 2.21. The van der Waals surface area contributed by atoms with E-state index in [1.807, 2.05) is 0 Å². The lowest BCUT2D eigenvalue weighted by atomic mass is 10.0. The van der Waals surface area contributed by atoms with E-state index in [4.69, 9.17) is 9.47 Å². The molecule has 0 aliphatic rings. The van der Waals surface area contributed by atoms with Crippen molar-refractivity contribution in [2.24, 2.45) is 0 Å². The van der Waals surface area contributed by atoms with Gasteiger partial charge in [0.05, 0.1) is 12.0 Å². The molecule has 0 saturated carbocycles. The number of nitro benzene ring substituents is 1. The van der Waals surface area contributed by atoms with Crippen LogP contribution in [0.1, 0.15) is 20.8 Å². The largest absolute Gasteiger partial charge is 0.497 e. The van der Waals surface area contributed by atoms with E-state index in [1.54, 1.807) is 58.2 Å². The van der Waals surface area contributed by atoms with E-state index in [2.05, 4.69) is 5.32 Å². The molecular weight excluding hydrogens is 324 g/mol. The lowest BCUT2D eigenvalue weighted by Crippen LogP contribution is -2.27. The number of hydrogen-bond donors (Lipinski definition) is 1. The van der Waals surface area contributed by atoms with Crippen LogP contribution in [0.2, 0.25) is 0 Å². The number of amides is 1. The molecule has 132 valence electrons. The number of nitrogens with one attached hydrogen (secondary N) is 1. The summed E-state index contributed by atoms with van der Waals surface area (Å²) in [6.07, 6.45) is -0.743. The Kier molecular flexibility index (Phi) is 5.26. The van der Waals surface area contributed by atoms with Gasteiger partial charge in [-0.15, -0.1) is 0 Å². The van der Waals surface area contributed by atoms with Crippen LogP contribution in [0.15, 0.2) is 42.5 Å². The minimum absolute atomic E-state index is 0.0801. The summed E-state index contributed by atoms with van der Waals surface area (Å²) < 4.78 is 10.2. The standard InChI is InChI=1S/C18H20N2O5/c1-18(2,3)25-17(21)19-15-10-7-13(11-16(15)20(22)23)12-5-8-14(24-4)9-6-12/h5-11H,1-4H3,(H,19,21). The first kappa shape index (κ1) is 18.3. The first-order valence-electron chi connectivity index (χ1n) is 7.62. The van der Waals surface area contributed by atoms with Crippen LogP contribution in [-0.2, 0) is 4.74 Å². The van der Waals surface area contributed by atoms with Crippen LogP contribution in [0.3, 0.4) is 0 Å². The summed E-state index contributed by atoms with van der Waals surface area (Å²) in [5.74, 6) is 0.696. The maximum Gasteiger partial charge on any atom is 0.412 e. The molecule has 25 heavy (non-hydrogen) atoms. The van der Waals surface area contributed by atoms with Crippen molar-refractivity contribution in [2.45, 2.75) is 26.4 Å². The van der Waals surface area contributed by atoms with Gasteiger partial charge >= 0.3 is 6.09 Å². The third-order valence-corrected chi connectivity index (χ3v) is 3.25. The number of nitrogens with zero attached hydrogens (tertiary/aromatic N) is 1. The zero-order valence-electron chi connectivity index (χ0n) is 14.5. The zero-order chi connectivity index (χ0) is 18.6. The summed E-state index contributed by atoms with van der Waals surface area (Å²) in [6.45, 7) is 5.15. The van der Waals surface area contributed by atoms with Gasteiger partial charge in [0.15, 0.2) is 0 Å². The summed E-state index contributed by atoms with van der Waals surface area (Å²) in [4.78, 5) is 22.7. The third-order valence-electron chi connectivity index (χ3n) is 3.25. The molecule has 0 spiro atoms. The van der Waals surface area contributed by atoms with Gasteiger partial charge in [0.25, 0.3) is 5.69 Å². The highest BCUT2D eigenvalue weighted by molar-refractivity contribution is 5.89. The van der Waals surface area contributed by atoms with Gasteiger partial charge in [0.2, 0.25) is 0 Å². The van der Waals surface area contributed by atoms with E-state index < -0.39 is 16.6 Å². The minimum Gasteiger partial charge on any atom is -0.497 e. The van der Waals surface area contributed by atoms with Crippen LogP contribution in [0.4, 0.5) is 16.2 Å². The molecule has 0 atom stereocenters. The molecule has 2 aromatic rings. The van der Waals surface area contributed by atoms with Crippen molar-refractivity contribution < 1.29 is 19.2 Å². The molecule has 0 radical (unpaired) electrons. The predicted octanol–water partition coefficient (Wildman–Crippen LogP) is 4.62. The van der Waals surface area contributed by atoms with Crippen LogP contribution in [-0.4, -0.2) is 23.7 Å². The maximum atomic E-state index is 11.9. The molecule has 7 heteroatoms. The molecule has 0 saturated heterocycles. The molecule has 0 heterocycles. The fourth-order valence-electron chi connectivity index (χ4n) is 2.16. The van der Waals surface area contributed by atoms with Crippen molar-refractivity contribution in [2.75, 3.05) is 12.4 Å². The molecule has 0 aliphatic heterocycles. The van der Waals surface area contributed by atoms with E-state index in [0.717, 1.165) is 5.56 Å². The SMILES string of the molecule is COc1ccc(-c2ccc(NC(=O)OC(C)(C)C)c([N+](=O)[O-])c2)cc1. The topological polar surface area (TPSA) is 90.7 Å². The number of hydrogen-bond acceptors (Lipinski definition) is 5. The smallest absolute Gasteiger partial charge is 0.412 e. The molecule has 0 bridgehead atoms. The second-order valence-corrected chi connectivity index (χ2v) is 6.34. The number of carbonyl (C=O) groups is 1. The number of rotatable bonds is 4. The van der Waals surface area contributed by atoms with Crippen LogP contribution >= 0.6 is 0 Å². The van der Waals surface area contributed by atoms with Crippen molar-refractivity contribution in [1.29, 1.82) is 0 Å². The number of ether oxygens (including phenoxy) is 2. The lowest BCUT2D eigenvalue weighted by molar-refractivity contribution is -0.383. The van der Waals surface area contributed by atoms with Gasteiger partial charge in [0.1, 0.15) is 17.0 Å². The second-order valence-electron chi connectivity index (χ2n) is 6.34. The molecule has 7 nitrogen and oxygen atoms in total. The minimum atomic E-state index is -0.743. The fourth-order valence-corrected chi connectivity index (χ4v) is 2.16. The monoisotopic (exact) mass is 344 g/mol. The average molecular weight is 344 g/mol. The number of benzene rings is 2. The van der Waals surface area contributed by atoms with Gasteiger partial charge in [0, 0.05) is 6.07 Å². The van der Waals surface area contributed by atoms with E-state index in [1.165, 1.54) is 12.1 Å². The molecule has 2 rings (SSSR count). The Hall–Kier alpha value is -3.09. The molecule has 1 N–H and O–H groups in total. The highest BCUT2D eigenvalue weighted by atomic mass is 16.6. The lowest BCUT2D eigenvalue weighted by Gasteiger charge is -2.19. The van der Waals surface area contributed by atoms with Gasteiger partial charge in [-0.3, -0.25) is 15.4 Å². The first-order chi connectivity index (χ1) is 11.7. The number of nitro groups is 1. The summed E-state index contributed by atoms with van der Waals surface area (Å²) in [6, 6.07) is 11.7.